The van der Waals surface area contributed by atoms with E-state index in [4.69, 9.17) is 4.74 Å². The highest BCUT2D eigenvalue weighted by atomic mass is 19.4. The van der Waals surface area contributed by atoms with Gasteiger partial charge < -0.3 is 10.1 Å². The van der Waals surface area contributed by atoms with E-state index in [1.165, 1.54) is 11.1 Å². The van der Waals surface area contributed by atoms with Crippen molar-refractivity contribution in [1.29, 1.82) is 0 Å². The Kier molecular flexibility index (Phi) is 7.18. The second-order valence-corrected chi connectivity index (χ2v) is 5.26. The SMILES string of the molecule is CCNC(COCCCC(F)(F)F)c1ccc(C)cc1C. The van der Waals surface area contributed by atoms with E-state index in [-0.39, 0.29) is 19.1 Å². The van der Waals surface area contributed by atoms with E-state index < -0.39 is 12.6 Å². The molecule has 1 atom stereocenters. The topological polar surface area (TPSA) is 21.3 Å². The molecule has 0 spiro atoms. The van der Waals surface area contributed by atoms with Crippen molar-refractivity contribution in [3.05, 3.63) is 34.9 Å². The van der Waals surface area contributed by atoms with E-state index >= 15 is 0 Å². The minimum Gasteiger partial charge on any atom is -0.379 e. The summed E-state index contributed by atoms with van der Waals surface area (Å²) in [4.78, 5) is 0. The number of benzene rings is 1. The summed E-state index contributed by atoms with van der Waals surface area (Å²) < 4.78 is 41.6. The third-order valence-electron chi connectivity index (χ3n) is 3.28. The summed E-state index contributed by atoms with van der Waals surface area (Å²) in [7, 11) is 0. The molecule has 1 N–H and O–H groups in total. The van der Waals surface area contributed by atoms with Crippen LogP contribution in [0.1, 0.15) is 42.5 Å². The van der Waals surface area contributed by atoms with Gasteiger partial charge in [-0.1, -0.05) is 30.7 Å². The Labute approximate surface area is 124 Å². The molecule has 120 valence electrons. The predicted molar refractivity (Wildman–Crippen MR) is 78.4 cm³/mol. The van der Waals surface area contributed by atoms with Crippen molar-refractivity contribution in [1.82, 2.24) is 5.32 Å². The largest absolute Gasteiger partial charge is 0.389 e. The van der Waals surface area contributed by atoms with Gasteiger partial charge >= 0.3 is 6.18 Å². The summed E-state index contributed by atoms with van der Waals surface area (Å²) in [6.07, 6.45) is -4.88. The maximum Gasteiger partial charge on any atom is 0.389 e. The number of likely N-dealkylation sites (N-methyl/N-ethyl adjacent to an activating group) is 1. The van der Waals surface area contributed by atoms with Gasteiger partial charge in [0.25, 0.3) is 0 Å². The Morgan fingerprint density at radius 1 is 1.24 bits per heavy atom. The van der Waals surface area contributed by atoms with Crippen LogP contribution >= 0.6 is 0 Å². The summed E-state index contributed by atoms with van der Waals surface area (Å²) in [5, 5.41) is 3.32. The lowest BCUT2D eigenvalue weighted by Gasteiger charge is -2.21. The molecule has 0 saturated heterocycles. The molecule has 0 bridgehead atoms. The van der Waals surface area contributed by atoms with Gasteiger partial charge in [-0.25, -0.2) is 0 Å². The molecule has 0 aromatic heterocycles. The predicted octanol–water partition coefficient (Wildman–Crippen LogP) is 4.31. The fourth-order valence-electron chi connectivity index (χ4n) is 2.30. The smallest absolute Gasteiger partial charge is 0.379 e. The number of hydrogen-bond acceptors (Lipinski definition) is 2. The molecule has 0 aliphatic heterocycles. The van der Waals surface area contributed by atoms with Crippen molar-refractivity contribution in [3.8, 4) is 0 Å². The molecular formula is C16H24F3NO. The van der Waals surface area contributed by atoms with Crippen LogP contribution in [0.4, 0.5) is 13.2 Å². The van der Waals surface area contributed by atoms with Crippen LogP contribution in [0.3, 0.4) is 0 Å². The zero-order valence-corrected chi connectivity index (χ0v) is 12.9. The van der Waals surface area contributed by atoms with Crippen molar-refractivity contribution < 1.29 is 17.9 Å². The number of hydrogen-bond donors (Lipinski definition) is 1. The zero-order chi connectivity index (χ0) is 15.9. The second-order valence-electron chi connectivity index (χ2n) is 5.26. The molecular weight excluding hydrogens is 279 g/mol. The first-order valence-electron chi connectivity index (χ1n) is 7.28. The Bertz CT molecular complexity index is 432. The van der Waals surface area contributed by atoms with E-state index in [0.717, 1.165) is 12.1 Å². The number of aryl methyl sites for hydroxylation is 2. The van der Waals surface area contributed by atoms with Crippen molar-refractivity contribution in [3.63, 3.8) is 0 Å². The molecule has 0 fully saturated rings. The van der Waals surface area contributed by atoms with Crippen molar-refractivity contribution in [2.75, 3.05) is 19.8 Å². The van der Waals surface area contributed by atoms with Crippen LogP contribution in [-0.4, -0.2) is 25.9 Å². The highest BCUT2D eigenvalue weighted by Crippen LogP contribution is 2.22. The molecule has 1 rings (SSSR count). The Morgan fingerprint density at radius 2 is 1.95 bits per heavy atom. The monoisotopic (exact) mass is 303 g/mol. The van der Waals surface area contributed by atoms with Gasteiger partial charge in [-0.15, -0.1) is 0 Å². The Hall–Kier alpha value is -1.07. The van der Waals surface area contributed by atoms with Gasteiger partial charge in [-0.3, -0.25) is 0 Å². The fraction of sp³-hybridized carbons (Fsp3) is 0.625. The summed E-state index contributed by atoms with van der Waals surface area (Å²) >= 11 is 0. The van der Waals surface area contributed by atoms with E-state index in [1.807, 2.05) is 26.8 Å². The first-order valence-corrected chi connectivity index (χ1v) is 7.28. The summed E-state index contributed by atoms with van der Waals surface area (Å²) in [5.74, 6) is 0. The standard InChI is InChI=1S/C16H24F3NO/c1-4-20-15(11-21-9-5-8-16(17,18)19)14-7-6-12(2)10-13(14)3/h6-7,10,15,20H,4-5,8-9,11H2,1-3H3. The van der Waals surface area contributed by atoms with Crippen LogP contribution in [0.15, 0.2) is 18.2 Å². The summed E-state index contributed by atoms with van der Waals surface area (Å²) in [6, 6.07) is 6.21. The molecule has 1 unspecified atom stereocenters. The average molecular weight is 303 g/mol. The number of halogens is 3. The molecule has 1 aromatic carbocycles. The van der Waals surface area contributed by atoms with E-state index in [2.05, 4.69) is 17.4 Å². The lowest BCUT2D eigenvalue weighted by atomic mass is 9.99. The third-order valence-corrected chi connectivity index (χ3v) is 3.28. The van der Waals surface area contributed by atoms with Crippen molar-refractivity contribution in [2.24, 2.45) is 0 Å². The van der Waals surface area contributed by atoms with Gasteiger partial charge in [0.2, 0.25) is 0 Å². The number of nitrogens with one attached hydrogen (secondary N) is 1. The fourth-order valence-corrected chi connectivity index (χ4v) is 2.30. The van der Waals surface area contributed by atoms with Gasteiger partial charge in [0.15, 0.2) is 0 Å². The Morgan fingerprint density at radius 3 is 2.52 bits per heavy atom. The van der Waals surface area contributed by atoms with Crippen LogP contribution in [0.2, 0.25) is 0 Å². The lowest BCUT2D eigenvalue weighted by molar-refractivity contribution is -0.138. The number of alkyl halides is 3. The molecule has 0 aliphatic rings. The maximum atomic E-state index is 12.1. The Balaban J connectivity index is 2.50. The lowest BCUT2D eigenvalue weighted by Crippen LogP contribution is -2.26. The molecule has 0 aliphatic carbocycles. The van der Waals surface area contributed by atoms with Crippen molar-refractivity contribution >= 4 is 0 Å². The molecule has 0 saturated carbocycles. The quantitative estimate of drug-likeness (QED) is 0.722. The van der Waals surface area contributed by atoms with Crippen molar-refractivity contribution in [2.45, 2.75) is 45.8 Å². The first kappa shape index (κ1) is 18.0. The van der Waals surface area contributed by atoms with Gasteiger partial charge in [0.05, 0.1) is 12.6 Å². The molecule has 2 nitrogen and oxygen atoms in total. The third kappa shape index (κ3) is 6.96. The van der Waals surface area contributed by atoms with Gasteiger partial charge in [0, 0.05) is 13.0 Å². The highest BCUT2D eigenvalue weighted by Gasteiger charge is 2.26. The first-order chi connectivity index (χ1) is 9.83. The van der Waals surface area contributed by atoms with Crippen LogP contribution in [-0.2, 0) is 4.74 Å². The van der Waals surface area contributed by atoms with E-state index in [0.29, 0.717) is 6.61 Å². The molecule has 1 aromatic rings. The number of ether oxygens (including phenoxy) is 1. The normalized spacial score (nSPS) is 13.4. The minimum absolute atomic E-state index is 0.00915. The minimum atomic E-state index is -4.10. The summed E-state index contributed by atoms with van der Waals surface area (Å²) in [6.45, 7) is 7.37. The average Bonchev–Trinajstić information content (AvgIpc) is 2.36. The molecule has 0 radical (unpaired) electrons. The van der Waals surface area contributed by atoms with E-state index in [1.54, 1.807) is 0 Å². The second kappa shape index (κ2) is 8.39. The van der Waals surface area contributed by atoms with Crippen LogP contribution in [0.25, 0.3) is 0 Å². The highest BCUT2D eigenvalue weighted by molar-refractivity contribution is 5.32. The zero-order valence-electron chi connectivity index (χ0n) is 12.9. The maximum absolute atomic E-state index is 12.1. The molecule has 0 heterocycles. The molecule has 21 heavy (non-hydrogen) atoms. The summed E-state index contributed by atoms with van der Waals surface area (Å²) in [5.41, 5.74) is 3.50. The van der Waals surface area contributed by atoms with Crippen LogP contribution in [0.5, 0.6) is 0 Å². The van der Waals surface area contributed by atoms with Crippen LogP contribution in [0, 0.1) is 13.8 Å². The van der Waals surface area contributed by atoms with E-state index in [9.17, 15) is 13.2 Å². The van der Waals surface area contributed by atoms with Gasteiger partial charge in [-0.05, 0) is 37.9 Å². The molecule has 5 heteroatoms. The van der Waals surface area contributed by atoms with Gasteiger partial charge in [-0.2, -0.15) is 13.2 Å². The van der Waals surface area contributed by atoms with Crippen LogP contribution < -0.4 is 5.32 Å². The van der Waals surface area contributed by atoms with Gasteiger partial charge in [0.1, 0.15) is 0 Å². The molecule has 0 amide bonds. The number of rotatable bonds is 8.